The molecule has 1 atom stereocenters. The van der Waals surface area contributed by atoms with E-state index in [0.717, 1.165) is 0 Å². The molecular formula is C20H22N2O5. The van der Waals surface area contributed by atoms with Crippen molar-refractivity contribution in [3.8, 4) is 11.5 Å². The van der Waals surface area contributed by atoms with Crippen LogP contribution in [0.25, 0.3) is 0 Å². The molecule has 7 nitrogen and oxygen atoms in total. The third-order valence-corrected chi connectivity index (χ3v) is 3.52. The van der Waals surface area contributed by atoms with E-state index in [-0.39, 0.29) is 12.5 Å². The second kappa shape index (κ2) is 9.96. The molecule has 0 spiro atoms. The zero-order chi connectivity index (χ0) is 19.6. The summed E-state index contributed by atoms with van der Waals surface area (Å²) >= 11 is 0. The standard InChI is InChI=1S/C20H22N2O5/c1-3-21-19(24)14(2)26-18(23)13-22-20(25)15-9-11-17(12-10-15)27-16-7-5-4-6-8-16/h4-12,14H,3,13H2,1-2H3,(H,21,24)(H,22,25)/t14-/m1/s1. The first kappa shape index (κ1) is 20.0. The van der Waals surface area contributed by atoms with Gasteiger partial charge in [-0.2, -0.15) is 0 Å². The van der Waals surface area contributed by atoms with Crippen molar-refractivity contribution in [1.29, 1.82) is 0 Å². The molecular weight excluding hydrogens is 348 g/mol. The molecule has 2 aromatic carbocycles. The molecule has 27 heavy (non-hydrogen) atoms. The minimum absolute atomic E-state index is 0.329. The van der Waals surface area contributed by atoms with Gasteiger partial charge in [-0.15, -0.1) is 0 Å². The van der Waals surface area contributed by atoms with Crippen LogP contribution in [0.1, 0.15) is 24.2 Å². The summed E-state index contributed by atoms with van der Waals surface area (Å²) < 4.78 is 10.6. The van der Waals surface area contributed by atoms with Gasteiger partial charge in [0.25, 0.3) is 11.8 Å². The van der Waals surface area contributed by atoms with Crippen LogP contribution in [0.4, 0.5) is 0 Å². The van der Waals surface area contributed by atoms with Gasteiger partial charge in [-0.25, -0.2) is 0 Å². The third-order valence-electron chi connectivity index (χ3n) is 3.52. The summed E-state index contributed by atoms with van der Waals surface area (Å²) in [6.07, 6.45) is -0.913. The predicted octanol–water partition coefficient (Wildman–Crippen LogP) is 2.28. The molecule has 0 aliphatic heterocycles. The van der Waals surface area contributed by atoms with Crippen molar-refractivity contribution in [1.82, 2.24) is 10.6 Å². The largest absolute Gasteiger partial charge is 0.457 e. The first-order chi connectivity index (χ1) is 13.0. The maximum atomic E-state index is 12.1. The number of amides is 2. The molecule has 0 fully saturated rings. The number of ether oxygens (including phenoxy) is 2. The van der Waals surface area contributed by atoms with Crippen molar-refractivity contribution >= 4 is 17.8 Å². The third kappa shape index (κ3) is 6.47. The van der Waals surface area contributed by atoms with Crippen LogP contribution in [-0.4, -0.2) is 37.0 Å². The Bertz CT molecular complexity index is 775. The SMILES string of the molecule is CCNC(=O)[C@@H](C)OC(=O)CNC(=O)c1ccc(Oc2ccccc2)cc1. The monoisotopic (exact) mass is 370 g/mol. The number of carbonyl (C=O) groups excluding carboxylic acids is 3. The van der Waals surface area contributed by atoms with Gasteiger partial charge in [0.05, 0.1) is 0 Å². The molecule has 0 aromatic heterocycles. The summed E-state index contributed by atoms with van der Waals surface area (Å²) in [5, 5.41) is 5.01. The number of para-hydroxylation sites is 1. The fourth-order valence-corrected chi connectivity index (χ4v) is 2.16. The number of hydrogen-bond donors (Lipinski definition) is 2. The summed E-state index contributed by atoms with van der Waals surface area (Å²) in [6.45, 7) is 3.35. The number of esters is 1. The van der Waals surface area contributed by atoms with E-state index in [9.17, 15) is 14.4 Å². The molecule has 0 heterocycles. The van der Waals surface area contributed by atoms with Gasteiger partial charge in [-0.05, 0) is 50.2 Å². The van der Waals surface area contributed by atoms with Crippen LogP contribution in [0.5, 0.6) is 11.5 Å². The Hall–Kier alpha value is -3.35. The highest BCUT2D eigenvalue weighted by molar-refractivity contribution is 5.96. The maximum absolute atomic E-state index is 12.1. The quantitative estimate of drug-likeness (QED) is 0.696. The fraction of sp³-hybridized carbons (Fsp3) is 0.250. The van der Waals surface area contributed by atoms with Gasteiger partial charge in [0.15, 0.2) is 6.10 Å². The number of likely N-dealkylation sites (N-methyl/N-ethyl adjacent to an activating group) is 1. The molecule has 2 amide bonds. The molecule has 0 saturated heterocycles. The lowest BCUT2D eigenvalue weighted by Crippen LogP contribution is -2.38. The fourth-order valence-electron chi connectivity index (χ4n) is 2.16. The predicted molar refractivity (Wildman–Crippen MR) is 99.5 cm³/mol. The van der Waals surface area contributed by atoms with Crippen molar-refractivity contribution in [3.63, 3.8) is 0 Å². The second-order valence-electron chi connectivity index (χ2n) is 5.65. The van der Waals surface area contributed by atoms with Gasteiger partial charge in [-0.1, -0.05) is 18.2 Å². The number of hydrogen-bond acceptors (Lipinski definition) is 5. The van der Waals surface area contributed by atoms with Crippen molar-refractivity contribution in [2.45, 2.75) is 20.0 Å². The lowest BCUT2D eigenvalue weighted by Gasteiger charge is -2.13. The Morgan fingerprint density at radius 2 is 1.56 bits per heavy atom. The highest BCUT2D eigenvalue weighted by Crippen LogP contribution is 2.21. The Morgan fingerprint density at radius 3 is 2.19 bits per heavy atom. The molecule has 0 bridgehead atoms. The summed E-state index contributed by atoms with van der Waals surface area (Å²) in [6, 6.07) is 15.8. The number of rotatable bonds is 8. The highest BCUT2D eigenvalue weighted by Gasteiger charge is 2.17. The number of carbonyl (C=O) groups is 3. The lowest BCUT2D eigenvalue weighted by atomic mass is 10.2. The summed E-state index contributed by atoms with van der Waals surface area (Å²) in [5.41, 5.74) is 0.375. The van der Waals surface area contributed by atoms with Crippen LogP contribution in [0.15, 0.2) is 54.6 Å². The van der Waals surface area contributed by atoms with Crippen LogP contribution in [-0.2, 0) is 14.3 Å². The van der Waals surface area contributed by atoms with E-state index < -0.39 is 18.0 Å². The van der Waals surface area contributed by atoms with Gasteiger partial charge in [0.2, 0.25) is 0 Å². The van der Waals surface area contributed by atoms with Crippen LogP contribution < -0.4 is 15.4 Å². The van der Waals surface area contributed by atoms with Crippen molar-refractivity contribution in [2.75, 3.05) is 13.1 Å². The van der Waals surface area contributed by atoms with E-state index in [1.807, 2.05) is 30.3 Å². The topological polar surface area (TPSA) is 93.7 Å². The highest BCUT2D eigenvalue weighted by atomic mass is 16.5. The van der Waals surface area contributed by atoms with Crippen molar-refractivity contribution in [2.24, 2.45) is 0 Å². The number of nitrogens with one attached hydrogen (secondary N) is 2. The molecule has 0 unspecified atom stereocenters. The Balaban J connectivity index is 1.82. The van der Waals surface area contributed by atoms with E-state index in [1.165, 1.54) is 6.92 Å². The summed E-state index contributed by atoms with van der Waals surface area (Å²) in [7, 11) is 0. The summed E-state index contributed by atoms with van der Waals surface area (Å²) in [5.74, 6) is -0.215. The molecule has 2 N–H and O–H groups in total. The molecule has 142 valence electrons. The second-order valence-corrected chi connectivity index (χ2v) is 5.65. The first-order valence-electron chi connectivity index (χ1n) is 8.58. The minimum atomic E-state index is -0.913. The molecule has 0 aliphatic carbocycles. The van der Waals surface area contributed by atoms with Crippen molar-refractivity contribution < 1.29 is 23.9 Å². The first-order valence-corrected chi connectivity index (χ1v) is 8.58. The van der Waals surface area contributed by atoms with Gasteiger partial charge in [0.1, 0.15) is 18.0 Å². The molecule has 0 aliphatic rings. The minimum Gasteiger partial charge on any atom is -0.457 e. The Labute approximate surface area is 157 Å². The summed E-state index contributed by atoms with van der Waals surface area (Å²) in [4.78, 5) is 35.3. The Morgan fingerprint density at radius 1 is 0.926 bits per heavy atom. The molecule has 2 rings (SSSR count). The van der Waals surface area contributed by atoms with E-state index in [0.29, 0.717) is 23.6 Å². The van der Waals surface area contributed by atoms with Gasteiger partial charge in [-0.3, -0.25) is 14.4 Å². The van der Waals surface area contributed by atoms with Crippen molar-refractivity contribution in [3.05, 3.63) is 60.2 Å². The molecule has 7 heteroatoms. The molecule has 2 aromatic rings. The zero-order valence-electron chi connectivity index (χ0n) is 15.2. The Kier molecular flexibility index (Phi) is 7.37. The van der Waals surface area contributed by atoms with Crippen LogP contribution >= 0.6 is 0 Å². The van der Waals surface area contributed by atoms with Gasteiger partial charge >= 0.3 is 5.97 Å². The van der Waals surface area contributed by atoms with Crippen LogP contribution in [0.2, 0.25) is 0 Å². The van der Waals surface area contributed by atoms with Crippen LogP contribution in [0, 0.1) is 0 Å². The maximum Gasteiger partial charge on any atom is 0.326 e. The van der Waals surface area contributed by atoms with Gasteiger partial charge in [0, 0.05) is 12.1 Å². The normalized spacial score (nSPS) is 11.2. The smallest absolute Gasteiger partial charge is 0.326 e. The molecule has 0 saturated carbocycles. The number of benzene rings is 2. The lowest BCUT2D eigenvalue weighted by molar-refractivity contribution is -0.153. The van der Waals surface area contributed by atoms with E-state index in [4.69, 9.17) is 9.47 Å². The average molecular weight is 370 g/mol. The van der Waals surface area contributed by atoms with E-state index in [1.54, 1.807) is 31.2 Å². The zero-order valence-corrected chi connectivity index (χ0v) is 15.2. The van der Waals surface area contributed by atoms with E-state index >= 15 is 0 Å². The molecule has 0 radical (unpaired) electrons. The van der Waals surface area contributed by atoms with E-state index in [2.05, 4.69) is 10.6 Å². The van der Waals surface area contributed by atoms with Crippen LogP contribution in [0.3, 0.4) is 0 Å². The van der Waals surface area contributed by atoms with Gasteiger partial charge < -0.3 is 20.1 Å². The average Bonchev–Trinajstić information content (AvgIpc) is 2.67.